The van der Waals surface area contributed by atoms with E-state index in [9.17, 15) is 0 Å². The molecule has 0 aliphatic rings. The minimum atomic E-state index is -1.63. The van der Waals surface area contributed by atoms with Crippen LogP contribution in [0.1, 0.15) is 81.1 Å². The van der Waals surface area contributed by atoms with Crippen LogP contribution in [0.5, 0.6) is 0 Å². The number of hydrogen-bond donors (Lipinski definition) is 0. The van der Waals surface area contributed by atoms with Gasteiger partial charge in [0.15, 0.2) is 17.4 Å². The van der Waals surface area contributed by atoms with E-state index in [1.54, 1.807) is 0 Å². The van der Waals surface area contributed by atoms with Crippen LogP contribution in [0.25, 0.3) is 0 Å². The topological polar surface area (TPSA) is 9.23 Å². The summed E-state index contributed by atoms with van der Waals surface area (Å²) in [6.07, 6.45) is 5.38. The average Bonchev–Trinajstić information content (AvgIpc) is 2.36. The molecule has 0 unspecified atom stereocenters. The summed E-state index contributed by atoms with van der Waals surface area (Å²) >= 11 is 0. The number of hydrogen-bond acceptors (Lipinski definition) is 1. The predicted molar refractivity (Wildman–Crippen MR) is 98.7 cm³/mol. The van der Waals surface area contributed by atoms with E-state index in [1.165, 1.54) is 37.8 Å². The normalized spacial score (nSPS) is 13.2. The third-order valence-corrected chi connectivity index (χ3v) is 15.3. The van der Waals surface area contributed by atoms with E-state index >= 15 is 0 Å². The molecular weight excluding hydrogens is 276 g/mol. The predicted octanol–water partition coefficient (Wildman–Crippen LogP) is 6.50. The van der Waals surface area contributed by atoms with Crippen molar-refractivity contribution >= 4 is 17.4 Å². The summed E-state index contributed by atoms with van der Waals surface area (Å²) in [5, 5.41) is 0. The van der Waals surface area contributed by atoms with Gasteiger partial charge in [-0.3, -0.25) is 0 Å². The second-order valence-electron chi connectivity index (χ2n) is 7.34. The van der Waals surface area contributed by atoms with E-state index in [1.807, 2.05) is 0 Å². The summed E-state index contributed by atoms with van der Waals surface area (Å²) < 4.78 is 7.10. The maximum atomic E-state index is 7.10. The summed E-state index contributed by atoms with van der Waals surface area (Å²) in [6.45, 7) is 19.1. The first-order valence-corrected chi connectivity index (χ1v) is 13.2. The third-order valence-electron chi connectivity index (χ3n) is 4.84. The van der Waals surface area contributed by atoms with Gasteiger partial charge in [0.25, 0.3) is 0 Å². The first kappa shape index (κ1) is 20.4. The highest BCUT2D eigenvalue weighted by Crippen LogP contribution is 2.43. The van der Waals surface area contributed by atoms with Gasteiger partial charge in [-0.1, -0.05) is 81.1 Å². The van der Waals surface area contributed by atoms with Crippen molar-refractivity contribution in [1.82, 2.24) is 0 Å². The Balaban J connectivity index is 5.03. The Kier molecular flexibility index (Phi) is 10.4. The molecule has 0 radical (unpaired) electrons. The van der Waals surface area contributed by atoms with E-state index in [-0.39, 0.29) is 0 Å². The van der Waals surface area contributed by atoms with Gasteiger partial charge in [-0.25, -0.2) is 0 Å². The lowest BCUT2D eigenvalue weighted by Gasteiger charge is -2.45. The van der Waals surface area contributed by atoms with E-state index in [2.05, 4.69) is 55.4 Å². The van der Waals surface area contributed by atoms with Crippen LogP contribution in [-0.2, 0) is 4.12 Å². The fourth-order valence-corrected chi connectivity index (χ4v) is 16.4. The molecule has 0 heterocycles. The van der Waals surface area contributed by atoms with Crippen molar-refractivity contribution in [3.05, 3.63) is 0 Å². The first-order chi connectivity index (χ1) is 9.32. The second-order valence-corrected chi connectivity index (χ2v) is 15.9. The maximum absolute atomic E-state index is 7.10. The summed E-state index contributed by atoms with van der Waals surface area (Å²) in [6, 6.07) is 2.80. The van der Waals surface area contributed by atoms with Crippen molar-refractivity contribution in [2.75, 3.05) is 0 Å². The molecular formula is C17H40OSi2. The second kappa shape index (κ2) is 10.2. The Morgan fingerprint density at radius 3 is 1.35 bits per heavy atom. The van der Waals surface area contributed by atoms with E-state index < -0.39 is 17.4 Å². The molecule has 0 rings (SSSR count). The molecule has 0 saturated heterocycles. The average molecular weight is 317 g/mol. The van der Waals surface area contributed by atoms with Crippen LogP contribution >= 0.6 is 0 Å². The fourth-order valence-electron chi connectivity index (χ4n) is 3.82. The lowest BCUT2D eigenvalue weighted by molar-refractivity contribution is 0.478. The zero-order valence-corrected chi connectivity index (χ0v) is 17.6. The molecule has 0 N–H and O–H groups in total. The standard InChI is InChI=1S/C17H40OSi2/c1-9-11-13-19(14-12-10-2)18-20(15(3)4,16(5)6)17(7)8/h15-17,19H,9-14H2,1-8H3. The molecule has 0 atom stereocenters. The largest absolute Gasteiger partial charge is 0.457 e. The Hall–Kier alpha value is 0.394. The maximum Gasteiger partial charge on any atom is 0.187 e. The monoisotopic (exact) mass is 316 g/mol. The fraction of sp³-hybridized carbons (Fsp3) is 1.00. The molecule has 0 saturated carbocycles. The van der Waals surface area contributed by atoms with Crippen LogP contribution in [0.4, 0.5) is 0 Å². The van der Waals surface area contributed by atoms with Crippen molar-refractivity contribution in [1.29, 1.82) is 0 Å². The minimum Gasteiger partial charge on any atom is -0.457 e. The molecule has 20 heavy (non-hydrogen) atoms. The van der Waals surface area contributed by atoms with Crippen molar-refractivity contribution in [2.45, 2.75) is 110 Å². The van der Waals surface area contributed by atoms with Gasteiger partial charge in [-0.15, -0.1) is 0 Å². The molecule has 0 aromatic rings. The Morgan fingerprint density at radius 2 is 1.10 bits per heavy atom. The van der Waals surface area contributed by atoms with Crippen LogP contribution < -0.4 is 0 Å². The van der Waals surface area contributed by atoms with Gasteiger partial charge in [0, 0.05) is 0 Å². The van der Waals surface area contributed by atoms with Crippen LogP contribution in [-0.4, -0.2) is 17.4 Å². The summed E-state index contributed by atoms with van der Waals surface area (Å²) in [5.41, 5.74) is 2.21. The Morgan fingerprint density at radius 1 is 0.750 bits per heavy atom. The van der Waals surface area contributed by atoms with Gasteiger partial charge in [0.1, 0.15) is 0 Å². The van der Waals surface area contributed by atoms with Gasteiger partial charge in [-0.2, -0.15) is 0 Å². The van der Waals surface area contributed by atoms with Crippen molar-refractivity contribution in [2.24, 2.45) is 0 Å². The number of rotatable bonds is 11. The van der Waals surface area contributed by atoms with Gasteiger partial charge < -0.3 is 4.12 Å². The van der Waals surface area contributed by atoms with Crippen LogP contribution in [0.2, 0.25) is 28.7 Å². The van der Waals surface area contributed by atoms with Gasteiger partial charge in [-0.05, 0) is 28.7 Å². The molecule has 3 heteroatoms. The minimum absolute atomic E-state index is 0.737. The molecule has 0 bridgehead atoms. The lowest BCUT2D eigenvalue weighted by atomic mass is 10.4. The van der Waals surface area contributed by atoms with E-state index in [4.69, 9.17) is 4.12 Å². The molecule has 0 amide bonds. The van der Waals surface area contributed by atoms with Gasteiger partial charge >= 0.3 is 0 Å². The molecule has 0 aliphatic carbocycles. The summed E-state index contributed by atoms with van der Waals surface area (Å²) in [4.78, 5) is 0. The lowest BCUT2D eigenvalue weighted by Crippen LogP contribution is -2.51. The Labute approximate surface area is 131 Å². The van der Waals surface area contributed by atoms with Crippen molar-refractivity contribution < 1.29 is 4.12 Å². The zero-order chi connectivity index (χ0) is 15.8. The Bertz CT molecular complexity index is 209. The SMILES string of the molecule is CCCC[SiH](CCCC)O[Si](C(C)C)(C(C)C)C(C)C. The van der Waals surface area contributed by atoms with Crippen molar-refractivity contribution in [3.63, 3.8) is 0 Å². The number of unbranched alkanes of at least 4 members (excludes halogenated alkanes) is 2. The molecule has 0 spiro atoms. The molecule has 1 nitrogen and oxygen atoms in total. The zero-order valence-electron chi connectivity index (χ0n) is 15.5. The molecule has 0 aromatic heterocycles. The van der Waals surface area contributed by atoms with Gasteiger partial charge in [0.05, 0.1) is 0 Å². The van der Waals surface area contributed by atoms with E-state index in [0.717, 1.165) is 16.6 Å². The third kappa shape index (κ3) is 5.65. The van der Waals surface area contributed by atoms with Crippen molar-refractivity contribution in [3.8, 4) is 0 Å². The molecule has 0 fully saturated rings. The first-order valence-electron chi connectivity index (χ1n) is 9.00. The highest BCUT2D eigenvalue weighted by atomic mass is 28.4. The summed E-state index contributed by atoms with van der Waals surface area (Å²) in [7, 11) is -2.63. The van der Waals surface area contributed by atoms with Crippen LogP contribution in [0.3, 0.4) is 0 Å². The van der Waals surface area contributed by atoms with Gasteiger partial charge in [0.2, 0.25) is 0 Å². The molecule has 0 aromatic carbocycles. The quantitative estimate of drug-likeness (QED) is 0.395. The van der Waals surface area contributed by atoms with Crippen LogP contribution in [0.15, 0.2) is 0 Å². The molecule has 122 valence electrons. The smallest absolute Gasteiger partial charge is 0.187 e. The van der Waals surface area contributed by atoms with Crippen LogP contribution in [0, 0.1) is 0 Å². The highest BCUT2D eigenvalue weighted by Gasteiger charge is 2.45. The van der Waals surface area contributed by atoms with E-state index in [0.29, 0.717) is 0 Å². The molecule has 0 aliphatic heterocycles. The summed E-state index contributed by atoms with van der Waals surface area (Å²) in [5.74, 6) is 0. The highest BCUT2D eigenvalue weighted by molar-refractivity contribution is 6.83.